The number of carbonyl (C=O) groups is 1. The van der Waals surface area contributed by atoms with Gasteiger partial charge >= 0.3 is 6.18 Å². The van der Waals surface area contributed by atoms with Gasteiger partial charge in [0.1, 0.15) is 0 Å². The molecule has 0 aliphatic heterocycles. The van der Waals surface area contributed by atoms with Gasteiger partial charge in [0.15, 0.2) is 0 Å². The van der Waals surface area contributed by atoms with E-state index in [9.17, 15) is 18.0 Å². The lowest BCUT2D eigenvalue weighted by atomic mass is 10.00. The highest BCUT2D eigenvalue weighted by Gasteiger charge is 2.30. The van der Waals surface area contributed by atoms with Gasteiger partial charge in [-0.1, -0.05) is 19.9 Å². The van der Waals surface area contributed by atoms with Crippen LogP contribution in [0, 0.1) is 5.92 Å². The van der Waals surface area contributed by atoms with Crippen molar-refractivity contribution in [2.45, 2.75) is 39.0 Å². The third-order valence-electron chi connectivity index (χ3n) is 3.97. The molecule has 2 rings (SSSR count). The van der Waals surface area contributed by atoms with Crippen molar-refractivity contribution in [2.24, 2.45) is 5.92 Å². The molecule has 1 heterocycles. The number of amides is 1. The average molecular weight is 365 g/mol. The first kappa shape index (κ1) is 19.8. The summed E-state index contributed by atoms with van der Waals surface area (Å²) in [5.41, 5.74) is 0.615. The van der Waals surface area contributed by atoms with Crippen molar-refractivity contribution in [3.63, 3.8) is 0 Å². The molecule has 4 nitrogen and oxygen atoms in total. The van der Waals surface area contributed by atoms with Crippen molar-refractivity contribution in [3.8, 4) is 0 Å². The van der Waals surface area contributed by atoms with Gasteiger partial charge in [-0.05, 0) is 42.3 Å². The smallest absolute Gasteiger partial charge is 0.382 e. The van der Waals surface area contributed by atoms with Crippen LogP contribution in [0.25, 0.3) is 0 Å². The van der Waals surface area contributed by atoms with Crippen molar-refractivity contribution in [1.82, 2.24) is 10.3 Å². The molecule has 0 radical (unpaired) electrons. The molecule has 140 valence electrons. The maximum absolute atomic E-state index is 12.6. The van der Waals surface area contributed by atoms with Gasteiger partial charge in [0, 0.05) is 24.3 Å². The number of nitrogens with one attached hydrogen (secondary N) is 2. The van der Waals surface area contributed by atoms with E-state index in [1.54, 1.807) is 12.3 Å². The Bertz CT molecular complexity index is 700. The SMILES string of the molecule is CC(C)[C@H](CC(=O)NCc1ccccn1)Nc1ccc(C(F)(F)F)cc1. The molecule has 0 aliphatic carbocycles. The molecule has 26 heavy (non-hydrogen) atoms. The summed E-state index contributed by atoms with van der Waals surface area (Å²) in [4.78, 5) is 16.3. The summed E-state index contributed by atoms with van der Waals surface area (Å²) in [6, 6.07) is 10.1. The zero-order valence-electron chi connectivity index (χ0n) is 14.7. The van der Waals surface area contributed by atoms with E-state index < -0.39 is 11.7 Å². The number of aromatic nitrogens is 1. The Kier molecular flexibility index (Phi) is 6.60. The summed E-state index contributed by atoms with van der Waals surface area (Å²) in [5, 5.41) is 5.95. The van der Waals surface area contributed by atoms with Crippen LogP contribution >= 0.6 is 0 Å². The Balaban J connectivity index is 1.92. The zero-order chi connectivity index (χ0) is 19.2. The molecule has 1 atom stereocenters. The van der Waals surface area contributed by atoms with Crippen LogP contribution in [-0.2, 0) is 17.5 Å². The third kappa shape index (κ3) is 6.06. The fourth-order valence-electron chi connectivity index (χ4n) is 2.39. The Morgan fingerprint density at radius 1 is 1.12 bits per heavy atom. The van der Waals surface area contributed by atoms with Crippen molar-refractivity contribution < 1.29 is 18.0 Å². The monoisotopic (exact) mass is 365 g/mol. The first-order valence-electron chi connectivity index (χ1n) is 8.36. The molecule has 0 saturated carbocycles. The van der Waals surface area contributed by atoms with Crippen LogP contribution in [0.4, 0.5) is 18.9 Å². The van der Waals surface area contributed by atoms with Crippen LogP contribution in [-0.4, -0.2) is 16.9 Å². The van der Waals surface area contributed by atoms with Crippen LogP contribution in [0.3, 0.4) is 0 Å². The normalized spacial score (nSPS) is 12.7. The maximum atomic E-state index is 12.6. The van der Waals surface area contributed by atoms with E-state index in [0.29, 0.717) is 12.2 Å². The van der Waals surface area contributed by atoms with E-state index in [1.165, 1.54) is 12.1 Å². The number of alkyl halides is 3. The molecule has 0 unspecified atom stereocenters. The van der Waals surface area contributed by atoms with Gasteiger partial charge in [-0.25, -0.2) is 0 Å². The molecule has 1 amide bonds. The minimum atomic E-state index is -4.36. The number of hydrogen-bond acceptors (Lipinski definition) is 3. The number of anilines is 1. The topological polar surface area (TPSA) is 54.0 Å². The highest BCUT2D eigenvalue weighted by molar-refractivity contribution is 5.77. The molecule has 2 N–H and O–H groups in total. The lowest BCUT2D eigenvalue weighted by Crippen LogP contribution is -2.34. The van der Waals surface area contributed by atoms with Gasteiger partial charge in [0.2, 0.25) is 5.91 Å². The standard InChI is InChI=1S/C19H22F3N3O/c1-13(2)17(11-18(26)24-12-16-5-3-4-10-23-16)25-15-8-6-14(7-9-15)19(20,21)22/h3-10,13,17,25H,11-12H2,1-2H3,(H,24,26)/t17-/m0/s1. The largest absolute Gasteiger partial charge is 0.416 e. The summed E-state index contributed by atoms with van der Waals surface area (Å²) in [6.45, 7) is 4.24. The first-order valence-corrected chi connectivity index (χ1v) is 8.36. The summed E-state index contributed by atoms with van der Waals surface area (Å²) >= 11 is 0. The van der Waals surface area contributed by atoms with Crippen LogP contribution in [0.1, 0.15) is 31.5 Å². The Morgan fingerprint density at radius 3 is 2.35 bits per heavy atom. The van der Waals surface area contributed by atoms with Gasteiger partial charge < -0.3 is 10.6 Å². The van der Waals surface area contributed by atoms with Gasteiger partial charge in [-0.15, -0.1) is 0 Å². The molecule has 7 heteroatoms. The Labute approximate surface area is 150 Å². The molecule has 0 bridgehead atoms. The van der Waals surface area contributed by atoms with Crippen molar-refractivity contribution in [3.05, 3.63) is 59.9 Å². The van der Waals surface area contributed by atoms with E-state index in [-0.39, 0.29) is 24.3 Å². The summed E-state index contributed by atoms with van der Waals surface area (Å²) in [7, 11) is 0. The first-order chi connectivity index (χ1) is 12.3. The number of nitrogens with zero attached hydrogens (tertiary/aromatic N) is 1. The lowest BCUT2D eigenvalue weighted by Gasteiger charge is -2.23. The Hall–Kier alpha value is -2.57. The van der Waals surface area contributed by atoms with Crippen LogP contribution < -0.4 is 10.6 Å². The van der Waals surface area contributed by atoms with Gasteiger partial charge in [0.05, 0.1) is 17.8 Å². The minimum absolute atomic E-state index is 0.123. The van der Waals surface area contributed by atoms with Gasteiger partial charge in [0.25, 0.3) is 0 Å². The number of hydrogen-bond donors (Lipinski definition) is 2. The number of halogens is 3. The second kappa shape index (κ2) is 8.69. The number of rotatable bonds is 7. The van der Waals surface area contributed by atoms with E-state index in [4.69, 9.17) is 0 Å². The summed E-state index contributed by atoms with van der Waals surface area (Å²) in [5.74, 6) is -0.0216. The molecular weight excluding hydrogens is 343 g/mol. The summed E-state index contributed by atoms with van der Waals surface area (Å²) < 4.78 is 37.9. The van der Waals surface area contributed by atoms with E-state index in [1.807, 2.05) is 26.0 Å². The minimum Gasteiger partial charge on any atom is -0.382 e. The second-order valence-corrected chi connectivity index (χ2v) is 6.37. The van der Waals surface area contributed by atoms with Gasteiger partial charge in [-0.2, -0.15) is 13.2 Å². The average Bonchev–Trinajstić information content (AvgIpc) is 2.60. The highest BCUT2D eigenvalue weighted by atomic mass is 19.4. The fourth-order valence-corrected chi connectivity index (χ4v) is 2.39. The third-order valence-corrected chi connectivity index (χ3v) is 3.97. The molecule has 0 spiro atoms. The molecule has 1 aromatic heterocycles. The Morgan fingerprint density at radius 2 is 1.81 bits per heavy atom. The molecule has 0 fully saturated rings. The predicted octanol–water partition coefficient (Wildman–Crippen LogP) is 4.24. The number of carbonyl (C=O) groups excluding carboxylic acids is 1. The van der Waals surface area contributed by atoms with E-state index in [2.05, 4.69) is 15.6 Å². The molecule has 1 aromatic carbocycles. The maximum Gasteiger partial charge on any atom is 0.416 e. The quantitative estimate of drug-likeness (QED) is 0.772. The zero-order valence-corrected chi connectivity index (χ0v) is 14.7. The second-order valence-electron chi connectivity index (χ2n) is 6.37. The van der Waals surface area contributed by atoms with Crippen LogP contribution in [0.15, 0.2) is 48.7 Å². The van der Waals surface area contributed by atoms with Crippen LogP contribution in [0.2, 0.25) is 0 Å². The van der Waals surface area contributed by atoms with Crippen molar-refractivity contribution in [2.75, 3.05) is 5.32 Å². The number of benzene rings is 1. The molecular formula is C19H22F3N3O. The molecule has 0 saturated heterocycles. The number of pyridine rings is 1. The van der Waals surface area contributed by atoms with Crippen molar-refractivity contribution in [1.29, 1.82) is 0 Å². The molecule has 0 aliphatic rings. The summed E-state index contributed by atoms with van der Waals surface area (Å²) in [6.07, 6.45) is -2.49. The predicted molar refractivity (Wildman–Crippen MR) is 94.4 cm³/mol. The lowest BCUT2D eigenvalue weighted by molar-refractivity contribution is -0.137. The fraction of sp³-hybridized carbons (Fsp3) is 0.368. The van der Waals surface area contributed by atoms with Crippen molar-refractivity contribution >= 4 is 11.6 Å². The van der Waals surface area contributed by atoms with E-state index in [0.717, 1.165) is 17.8 Å². The molecule has 2 aromatic rings. The highest BCUT2D eigenvalue weighted by Crippen LogP contribution is 2.30. The van der Waals surface area contributed by atoms with E-state index >= 15 is 0 Å². The van der Waals surface area contributed by atoms with Crippen LogP contribution in [0.5, 0.6) is 0 Å². The van der Waals surface area contributed by atoms with Gasteiger partial charge in [-0.3, -0.25) is 9.78 Å².